The number of benzene rings is 2. The number of anilines is 1. The third-order valence-electron chi connectivity index (χ3n) is 4.24. The lowest BCUT2D eigenvalue weighted by molar-refractivity contribution is -0.131. The molecule has 0 aliphatic carbocycles. The number of hydrazine groups is 1. The van der Waals surface area contributed by atoms with Crippen LogP contribution in [0.15, 0.2) is 60.7 Å². The predicted molar refractivity (Wildman–Crippen MR) is 92.6 cm³/mol. The lowest BCUT2D eigenvalue weighted by atomic mass is 10.2. The predicted octanol–water partition coefficient (Wildman–Crippen LogP) is 3.16. The molecule has 23 heavy (non-hydrogen) atoms. The second-order valence-electron chi connectivity index (χ2n) is 6.01. The van der Waals surface area contributed by atoms with E-state index in [0.717, 1.165) is 18.7 Å². The van der Waals surface area contributed by atoms with Gasteiger partial charge in [-0.05, 0) is 24.6 Å². The molecule has 120 valence electrons. The minimum atomic E-state index is 0.0166. The second-order valence-corrected chi connectivity index (χ2v) is 6.01. The molecule has 2 aromatic carbocycles. The lowest BCUT2D eigenvalue weighted by Gasteiger charge is -2.35. The van der Waals surface area contributed by atoms with E-state index in [1.54, 1.807) is 6.92 Å². The molecule has 4 heteroatoms. The van der Waals surface area contributed by atoms with Crippen LogP contribution in [0.4, 0.5) is 5.69 Å². The molecular formula is C19H23N3O. The molecule has 1 saturated heterocycles. The molecule has 0 aromatic heterocycles. The van der Waals surface area contributed by atoms with Gasteiger partial charge in [0.1, 0.15) is 6.17 Å². The number of hydrogen-bond donors (Lipinski definition) is 1. The van der Waals surface area contributed by atoms with Crippen LogP contribution in [0.3, 0.4) is 0 Å². The summed E-state index contributed by atoms with van der Waals surface area (Å²) in [4.78, 5) is 12.2. The first-order chi connectivity index (χ1) is 11.2. The van der Waals surface area contributed by atoms with Crippen molar-refractivity contribution in [3.8, 4) is 0 Å². The normalized spacial score (nSPS) is 20.8. The zero-order chi connectivity index (χ0) is 16.2. The third kappa shape index (κ3) is 3.37. The van der Waals surface area contributed by atoms with E-state index in [-0.39, 0.29) is 18.1 Å². The number of nitrogens with one attached hydrogen (secondary N) is 1. The number of carbonyl (C=O) groups excluding carboxylic acids is 1. The van der Waals surface area contributed by atoms with Crippen molar-refractivity contribution in [1.82, 2.24) is 10.3 Å². The molecule has 0 spiro atoms. The summed E-state index contributed by atoms with van der Waals surface area (Å²) >= 11 is 0. The zero-order valence-electron chi connectivity index (χ0n) is 13.6. The van der Waals surface area contributed by atoms with Gasteiger partial charge in [-0.2, -0.15) is 0 Å². The van der Waals surface area contributed by atoms with Gasteiger partial charge in [-0.1, -0.05) is 48.5 Å². The van der Waals surface area contributed by atoms with Crippen molar-refractivity contribution < 1.29 is 4.79 Å². The van der Waals surface area contributed by atoms with E-state index in [9.17, 15) is 4.79 Å². The quantitative estimate of drug-likeness (QED) is 0.942. The van der Waals surface area contributed by atoms with Gasteiger partial charge in [0, 0.05) is 19.9 Å². The molecule has 0 saturated carbocycles. The zero-order valence-corrected chi connectivity index (χ0v) is 13.6. The Morgan fingerprint density at radius 1 is 1.09 bits per heavy atom. The number of para-hydroxylation sites is 1. The Balaban J connectivity index is 1.77. The van der Waals surface area contributed by atoms with E-state index in [4.69, 9.17) is 0 Å². The maximum atomic E-state index is 12.2. The number of rotatable bonds is 4. The van der Waals surface area contributed by atoms with E-state index >= 15 is 0 Å². The highest BCUT2D eigenvalue weighted by Gasteiger charge is 2.38. The van der Waals surface area contributed by atoms with E-state index in [2.05, 4.69) is 29.4 Å². The van der Waals surface area contributed by atoms with Crippen LogP contribution in [0.1, 0.15) is 25.8 Å². The van der Waals surface area contributed by atoms with Crippen molar-refractivity contribution in [2.45, 2.75) is 39.0 Å². The van der Waals surface area contributed by atoms with Gasteiger partial charge in [0.25, 0.3) is 0 Å². The van der Waals surface area contributed by atoms with Crippen molar-refractivity contribution in [2.24, 2.45) is 0 Å². The van der Waals surface area contributed by atoms with E-state index in [1.807, 2.05) is 53.5 Å². The Kier molecular flexibility index (Phi) is 4.63. The minimum Gasteiger partial charge on any atom is -0.291 e. The fourth-order valence-corrected chi connectivity index (χ4v) is 3.22. The summed E-state index contributed by atoms with van der Waals surface area (Å²) in [5, 5.41) is 7.48. The standard InChI is InChI=1S/C19H23N3O/c1-15-13-19(20-14-17-9-5-3-6-10-17)22(16(2)23)21(15)18-11-7-4-8-12-18/h3-12,15,19-20H,13-14H2,1-2H3/t15-,19+/m0/s1. The summed E-state index contributed by atoms with van der Waals surface area (Å²) < 4.78 is 0. The molecule has 1 amide bonds. The molecule has 0 radical (unpaired) electrons. The smallest absolute Gasteiger partial charge is 0.239 e. The topological polar surface area (TPSA) is 35.6 Å². The fourth-order valence-electron chi connectivity index (χ4n) is 3.22. The van der Waals surface area contributed by atoms with Gasteiger partial charge < -0.3 is 0 Å². The van der Waals surface area contributed by atoms with E-state index in [0.29, 0.717) is 0 Å². The largest absolute Gasteiger partial charge is 0.291 e. The van der Waals surface area contributed by atoms with Crippen LogP contribution < -0.4 is 10.3 Å². The average Bonchev–Trinajstić information content (AvgIpc) is 2.91. The first kappa shape index (κ1) is 15.6. The molecule has 1 aliphatic heterocycles. The maximum Gasteiger partial charge on any atom is 0.239 e. The maximum absolute atomic E-state index is 12.2. The number of nitrogens with zero attached hydrogens (tertiary/aromatic N) is 2. The van der Waals surface area contributed by atoms with Crippen molar-refractivity contribution in [1.29, 1.82) is 0 Å². The Morgan fingerprint density at radius 2 is 1.70 bits per heavy atom. The van der Waals surface area contributed by atoms with Gasteiger partial charge in [-0.15, -0.1) is 0 Å². The van der Waals surface area contributed by atoms with Crippen molar-refractivity contribution in [2.75, 3.05) is 5.01 Å². The van der Waals surface area contributed by atoms with Gasteiger partial charge in [-0.25, -0.2) is 5.01 Å². The first-order valence-electron chi connectivity index (χ1n) is 8.08. The molecule has 0 unspecified atom stereocenters. The molecule has 1 aliphatic rings. The summed E-state index contributed by atoms with van der Waals surface area (Å²) in [5.41, 5.74) is 2.28. The molecule has 1 N–H and O–H groups in total. The van der Waals surface area contributed by atoms with Crippen LogP contribution in [-0.4, -0.2) is 23.1 Å². The van der Waals surface area contributed by atoms with Gasteiger partial charge in [-0.3, -0.25) is 15.1 Å². The number of hydrogen-bond acceptors (Lipinski definition) is 3. The van der Waals surface area contributed by atoms with Crippen LogP contribution >= 0.6 is 0 Å². The van der Waals surface area contributed by atoms with Crippen LogP contribution in [0.5, 0.6) is 0 Å². The summed E-state index contributed by atoms with van der Waals surface area (Å²) in [7, 11) is 0. The molecule has 2 aromatic rings. The summed E-state index contributed by atoms with van der Waals surface area (Å²) in [6.45, 7) is 4.54. The fraction of sp³-hybridized carbons (Fsp3) is 0.316. The van der Waals surface area contributed by atoms with E-state index in [1.165, 1.54) is 5.56 Å². The third-order valence-corrected chi connectivity index (χ3v) is 4.24. The monoisotopic (exact) mass is 309 g/mol. The first-order valence-corrected chi connectivity index (χ1v) is 8.08. The summed E-state index contributed by atoms with van der Waals surface area (Å²) in [5.74, 6) is 0.0590. The number of carbonyl (C=O) groups is 1. The van der Waals surface area contributed by atoms with Crippen molar-refractivity contribution in [3.63, 3.8) is 0 Å². The van der Waals surface area contributed by atoms with Crippen molar-refractivity contribution >= 4 is 11.6 Å². The Labute approximate surface area is 137 Å². The summed E-state index contributed by atoms with van der Waals surface area (Å²) in [6.07, 6.45) is 0.921. The Morgan fingerprint density at radius 3 is 2.30 bits per heavy atom. The SMILES string of the molecule is CC(=O)N1[C@@H](NCc2ccccc2)C[C@H](C)N1c1ccccc1. The highest BCUT2D eigenvalue weighted by molar-refractivity contribution is 5.76. The van der Waals surface area contributed by atoms with Gasteiger partial charge in [0.2, 0.25) is 5.91 Å². The number of amides is 1. The highest BCUT2D eigenvalue weighted by atomic mass is 16.2. The Bertz CT molecular complexity index is 644. The average molecular weight is 309 g/mol. The lowest BCUT2D eigenvalue weighted by Crippen LogP contribution is -2.50. The molecule has 2 atom stereocenters. The van der Waals surface area contributed by atoms with Gasteiger partial charge >= 0.3 is 0 Å². The summed E-state index contributed by atoms with van der Waals surface area (Å²) in [6, 6.07) is 20.6. The van der Waals surface area contributed by atoms with Gasteiger partial charge in [0.15, 0.2) is 0 Å². The van der Waals surface area contributed by atoms with Crippen LogP contribution in [-0.2, 0) is 11.3 Å². The highest BCUT2D eigenvalue weighted by Crippen LogP contribution is 2.29. The van der Waals surface area contributed by atoms with E-state index < -0.39 is 0 Å². The van der Waals surface area contributed by atoms with Crippen molar-refractivity contribution in [3.05, 3.63) is 66.2 Å². The van der Waals surface area contributed by atoms with Crippen LogP contribution in [0.2, 0.25) is 0 Å². The van der Waals surface area contributed by atoms with Crippen LogP contribution in [0, 0.1) is 0 Å². The second kappa shape index (κ2) is 6.84. The molecule has 1 heterocycles. The molecule has 0 bridgehead atoms. The van der Waals surface area contributed by atoms with Crippen LogP contribution in [0.25, 0.3) is 0 Å². The van der Waals surface area contributed by atoms with Gasteiger partial charge in [0.05, 0.1) is 11.7 Å². The molecule has 4 nitrogen and oxygen atoms in total. The Hall–Kier alpha value is -2.33. The molecule has 3 rings (SSSR count). The minimum absolute atomic E-state index is 0.0166. The molecular weight excluding hydrogens is 286 g/mol. The molecule has 1 fully saturated rings.